The maximum Gasteiger partial charge on any atom is 0.270 e. The van der Waals surface area contributed by atoms with Crippen LogP contribution in [0.5, 0.6) is 0 Å². The molecule has 2 aromatic rings. The number of rotatable bonds is 4. The standard InChI is InChI=1S/C18H14N4O3/c23-16(12-4-2-1-3-5-12)11-17-20-15-7-6-13(22(24)25)10-14(15)18-19-8-9-21(17)18/h1-7,10H,8-9,11H2. The molecule has 25 heavy (non-hydrogen) atoms. The van der Waals surface area contributed by atoms with E-state index < -0.39 is 4.92 Å². The van der Waals surface area contributed by atoms with Gasteiger partial charge >= 0.3 is 0 Å². The van der Waals surface area contributed by atoms with E-state index in [9.17, 15) is 14.9 Å². The molecular weight excluding hydrogens is 320 g/mol. The monoisotopic (exact) mass is 334 g/mol. The molecule has 2 aliphatic rings. The van der Waals surface area contributed by atoms with Gasteiger partial charge in [0.15, 0.2) is 5.78 Å². The molecule has 2 heterocycles. The van der Waals surface area contributed by atoms with E-state index >= 15 is 0 Å². The molecule has 124 valence electrons. The van der Waals surface area contributed by atoms with Gasteiger partial charge in [-0.25, -0.2) is 4.99 Å². The van der Waals surface area contributed by atoms with Crippen LogP contribution in [0.4, 0.5) is 11.4 Å². The molecule has 0 radical (unpaired) electrons. The zero-order valence-electron chi connectivity index (χ0n) is 13.3. The van der Waals surface area contributed by atoms with E-state index in [2.05, 4.69) is 9.98 Å². The van der Waals surface area contributed by atoms with Crippen molar-refractivity contribution in [2.75, 3.05) is 13.1 Å². The predicted octanol–water partition coefficient (Wildman–Crippen LogP) is 2.97. The van der Waals surface area contributed by atoms with Crippen LogP contribution in [0.3, 0.4) is 0 Å². The molecule has 7 nitrogen and oxygen atoms in total. The summed E-state index contributed by atoms with van der Waals surface area (Å²) in [4.78, 5) is 34.0. The van der Waals surface area contributed by atoms with Gasteiger partial charge in [-0.15, -0.1) is 0 Å². The zero-order valence-corrected chi connectivity index (χ0v) is 13.3. The van der Waals surface area contributed by atoms with E-state index in [4.69, 9.17) is 0 Å². The predicted molar refractivity (Wildman–Crippen MR) is 93.7 cm³/mol. The number of hydrogen-bond donors (Lipinski definition) is 0. The Bertz CT molecular complexity index is 935. The van der Waals surface area contributed by atoms with Crippen LogP contribution in [-0.4, -0.2) is 40.4 Å². The summed E-state index contributed by atoms with van der Waals surface area (Å²) in [6, 6.07) is 13.6. The summed E-state index contributed by atoms with van der Waals surface area (Å²) in [6.45, 7) is 1.20. The molecule has 7 heteroatoms. The minimum atomic E-state index is -0.432. The number of carbonyl (C=O) groups is 1. The second-order valence-corrected chi connectivity index (χ2v) is 5.81. The average molecular weight is 334 g/mol. The number of amidine groups is 2. The smallest absolute Gasteiger partial charge is 0.270 e. The molecule has 0 aliphatic carbocycles. The molecule has 0 saturated heterocycles. The fourth-order valence-electron chi connectivity index (χ4n) is 3.05. The van der Waals surface area contributed by atoms with Gasteiger partial charge in [0.2, 0.25) is 0 Å². The lowest BCUT2D eigenvalue weighted by atomic mass is 10.0. The highest BCUT2D eigenvalue weighted by Crippen LogP contribution is 2.32. The quantitative estimate of drug-likeness (QED) is 0.488. The van der Waals surface area contributed by atoms with Crippen molar-refractivity contribution >= 4 is 28.8 Å². The lowest BCUT2D eigenvalue weighted by molar-refractivity contribution is -0.384. The molecule has 0 N–H and O–H groups in total. The maximum absolute atomic E-state index is 12.5. The van der Waals surface area contributed by atoms with E-state index in [1.165, 1.54) is 12.1 Å². The lowest BCUT2D eigenvalue weighted by Crippen LogP contribution is -2.38. The number of fused-ring (bicyclic) bond motifs is 3. The summed E-state index contributed by atoms with van der Waals surface area (Å²) in [5.74, 6) is 1.27. The normalized spacial score (nSPS) is 15.1. The third-order valence-corrected chi connectivity index (χ3v) is 4.25. The first-order valence-electron chi connectivity index (χ1n) is 7.90. The molecular formula is C18H14N4O3. The van der Waals surface area contributed by atoms with E-state index in [1.807, 2.05) is 23.1 Å². The number of benzene rings is 2. The van der Waals surface area contributed by atoms with Crippen LogP contribution >= 0.6 is 0 Å². The van der Waals surface area contributed by atoms with E-state index in [0.29, 0.717) is 41.6 Å². The minimum absolute atomic E-state index is 0.00677. The van der Waals surface area contributed by atoms with Crippen LogP contribution in [0.25, 0.3) is 0 Å². The molecule has 0 fully saturated rings. The SMILES string of the molecule is O=C(CC1=Nc2ccc([N+](=O)[O-])cc2C2=NCCN12)c1ccccc1. The Hall–Kier alpha value is -3.35. The summed E-state index contributed by atoms with van der Waals surface area (Å²) in [7, 11) is 0. The van der Waals surface area contributed by atoms with Gasteiger partial charge in [0.25, 0.3) is 5.69 Å². The third-order valence-electron chi connectivity index (χ3n) is 4.25. The van der Waals surface area contributed by atoms with Gasteiger partial charge in [0, 0.05) is 29.8 Å². The summed E-state index contributed by atoms with van der Waals surface area (Å²) in [5, 5.41) is 11.0. The second-order valence-electron chi connectivity index (χ2n) is 5.81. The van der Waals surface area contributed by atoms with Gasteiger partial charge in [-0.1, -0.05) is 30.3 Å². The lowest BCUT2D eigenvalue weighted by Gasteiger charge is -2.27. The molecule has 0 unspecified atom stereocenters. The van der Waals surface area contributed by atoms with Crippen molar-refractivity contribution in [3.05, 3.63) is 69.8 Å². The molecule has 2 aliphatic heterocycles. The fraction of sp³-hybridized carbons (Fsp3) is 0.167. The highest BCUT2D eigenvalue weighted by molar-refractivity contribution is 6.21. The number of nitro benzene ring substituents is 1. The van der Waals surface area contributed by atoms with E-state index in [0.717, 1.165) is 0 Å². The topological polar surface area (TPSA) is 88.2 Å². The van der Waals surface area contributed by atoms with Crippen LogP contribution in [0.1, 0.15) is 22.3 Å². The molecule has 0 atom stereocenters. The average Bonchev–Trinajstić information content (AvgIpc) is 3.12. The van der Waals surface area contributed by atoms with Gasteiger partial charge in [-0.05, 0) is 6.07 Å². The van der Waals surface area contributed by atoms with Crippen molar-refractivity contribution in [1.29, 1.82) is 0 Å². The Balaban J connectivity index is 1.71. The number of carbonyl (C=O) groups excluding carboxylic acids is 1. The molecule has 2 aromatic carbocycles. The van der Waals surface area contributed by atoms with Crippen molar-refractivity contribution in [1.82, 2.24) is 4.90 Å². The summed E-state index contributed by atoms with van der Waals surface area (Å²) in [5.41, 5.74) is 1.89. The van der Waals surface area contributed by atoms with Gasteiger partial charge in [0.1, 0.15) is 11.7 Å². The number of nitro groups is 1. The van der Waals surface area contributed by atoms with E-state index in [-0.39, 0.29) is 17.9 Å². The number of ketones is 1. The van der Waals surface area contributed by atoms with Gasteiger partial charge in [-0.3, -0.25) is 19.9 Å². The number of nitrogens with zero attached hydrogens (tertiary/aromatic N) is 4. The number of hydrogen-bond acceptors (Lipinski definition) is 6. The van der Waals surface area contributed by atoms with Crippen molar-refractivity contribution in [2.24, 2.45) is 9.98 Å². The van der Waals surface area contributed by atoms with Crippen molar-refractivity contribution in [2.45, 2.75) is 6.42 Å². The van der Waals surface area contributed by atoms with Gasteiger partial charge < -0.3 is 4.90 Å². The largest absolute Gasteiger partial charge is 0.312 e. The van der Waals surface area contributed by atoms with Crippen molar-refractivity contribution in [3.63, 3.8) is 0 Å². The molecule has 0 spiro atoms. The highest BCUT2D eigenvalue weighted by Gasteiger charge is 2.31. The number of non-ortho nitro benzene ring substituents is 1. The second kappa shape index (κ2) is 5.94. The van der Waals surface area contributed by atoms with Crippen LogP contribution in [0.15, 0.2) is 58.5 Å². The fourth-order valence-corrected chi connectivity index (χ4v) is 3.05. The Labute approximate surface area is 143 Å². The van der Waals surface area contributed by atoms with Crippen LogP contribution in [0.2, 0.25) is 0 Å². The molecule has 0 bridgehead atoms. The Morgan fingerprint density at radius 2 is 2.00 bits per heavy atom. The zero-order chi connectivity index (χ0) is 17.4. The van der Waals surface area contributed by atoms with Gasteiger partial charge in [0.05, 0.1) is 23.6 Å². The Kier molecular flexibility index (Phi) is 3.61. The first kappa shape index (κ1) is 15.2. The summed E-state index contributed by atoms with van der Waals surface area (Å²) in [6.07, 6.45) is 0.166. The first-order chi connectivity index (χ1) is 12.1. The first-order valence-corrected chi connectivity index (χ1v) is 7.90. The van der Waals surface area contributed by atoms with Crippen LogP contribution in [-0.2, 0) is 0 Å². The molecule has 0 amide bonds. The number of aliphatic imine (C=N–C) groups is 2. The maximum atomic E-state index is 12.5. The number of Topliss-reactive ketones (excluding diaryl/α,β-unsaturated/α-hetero) is 1. The summed E-state index contributed by atoms with van der Waals surface area (Å²) < 4.78 is 0. The third kappa shape index (κ3) is 2.69. The summed E-state index contributed by atoms with van der Waals surface area (Å²) >= 11 is 0. The van der Waals surface area contributed by atoms with Crippen LogP contribution < -0.4 is 0 Å². The van der Waals surface area contributed by atoms with E-state index in [1.54, 1.807) is 18.2 Å². The Morgan fingerprint density at radius 1 is 1.20 bits per heavy atom. The highest BCUT2D eigenvalue weighted by atomic mass is 16.6. The van der Waals surface area contributed by atoms with Gasteiger partial charge in [-0.2, -0.15) is 0 Å². The van der Waals surface area contributed by atoms with Crippen molar-refractivity contribution in [3.8, 4) is 0 Å². The molecule has 0 saturated carbocycles. The van der Waals surface area contributed by atoms with Crippen LogP contribution in [0, 0.1) is 10.1 Å². The molecule has 0 aromatic heterocycles. The Morgan fingerprint density at radius 3 is 2.76 bits per heavy atom. The van der Waals surface area contributed by atoms with Crippen molar-refractivity contribution < 1.29 is 9.72 Å². The minimum Gasteiger partial charge on any atom is -0.312 e. The molecule has 4 rings (SSSR count).